The number of hydrogen-bond acceptors (Lipinski definition) is 4. The SMILES string of the molecule is Clc1cc(CNCCCNC2CCCCC2)cc2c1OCCO2. The summed E-state index contributed by atoms with van der Waals surface area (Å²) in [5.74, 6) is 1.44. The van der Waals surface area contributed by atoms with Gasteiger partial charge in [0.25, 0.3) is 0 Å². The lowest BCUT2D eigenvalue weighted by atomic mass is 9.95. The molecule has 0 aromatic heterocycles. The first-order valence-corrected chi connectivity index (χ1v) is 9.23. The van der Waals surface area contributed by atoms with Crippen molar-refractivity contribution in [2.75, 3.05) is 26.3 Å². The third-order valence-electron chi connectivity index (χ3n) is 4.55. The van der Waals surface area contributed by atoms with Crippen molar-refractivity contribution in [1.29, 1.82) is 0 Å². The molecule has 0 spiro atoms. The average Bonchev–Trinajstić information content (AvgIpc) is 2.59. The third kappa shape index (κ3) is 5.00. The van der Waals surface area contributed by atoms with Gasteiger partial charge in [0.2, 0.25) is 0 Å². The molecule has 1 aliphatic carbocycles. The third-order valence-corrected chi connectivity index (χ3v) is 4.84. The first kappa shape index (κ1) is 16.9. The summed E-state index contributed by atoms with van der Waals surface area (Å²) < 4.78 is 11.1. The van der Waals surface area contributed by atoms with Gasteiger partial charge in [0.1, 0.15) is 13.2 Å². The average molecular weight is 339 g/mol. The van der Waals surface area contributed by atoms with Crippen LogP contribution in [0.5, 0.6) is 11.5 Å². The van der Waals surface area contributed by atoms with Gasteiger partial charge in [-0.2, -0.15) is 0 Å². The van der Waals surface area contributed by atoms with E-state index < -0.39 is 0 Å². The minimum Gasteiger partial charge on any atom is -0.486 e. The summed E-state index contributed by atoms with van der Waals surface area (Å²) in [5.41, 5.74) is 1.14. The zero-order valence-corrected chi connectivity index (χ0v) is 14.5. The Bertz CT molecular complexity index is 504. The van der Waals surface area contributed by atoms with Gasteiger partial charge in [0.15, 0.2) is 11.5 Å². The smallest absolute Gasteiger partial charge is 0.179 e. The molecular formula is C18H27ClN2O2. The number of benzene rings is 1. The van der Waals surface area contributed by atoms with Gasteiger partial charge >= 0.3 is 0 Å². The molecule has 128 valence electrons. The Hall–Kier alpha value is -0.970. The highest BCUT2D eigenvalue weighted by molar-refractivity contribution is 6.32. The highest BCUT2D eigenvalue weighted by atomic mass is 35.5. The number of hydrogen-bond donors (Lipinski definition) is 2. The zero-order valence-electron chi connectivity index (χ0n) is 13.7. The maximum Gasteiger partial charge on any atom is 0.179 e. The van der Waals surface area contributed by atoms with E-state index in [4.69, 9.17) is 21.1 Å². The summed E-state index contributed by atoms with van der Waals surface area (Å²) in [7, 11) is 0. The Morgan fingerprint density at radius 1 is 1.04 bits per heavy atom. The van der Waals surface area contributed by atoms with Crippen LogP contribution in [0.4, 0.5) is 0 Å². The molecule has 1 heterocycles. The highest BCUT2D eigenvalue weighted by Gasteiger charge is 2.16. The second-order valence-electron chi connectivity index (χ2n) is 6.42. The molecule has 1 fully saturated rings. The van der Waals surface area contributed by atoms with Crippen LogP contribution in [0.1, 0.15) is 44.1 Å². The molecule has 0 bridgehead atoms. The lowest BCUT2D eigenvalue weighted by molar-refractivity contribution is 0.171. The van der Waals surface area contributed by atoms with E-state index >= 15 is 0 Å². The molecule has 0 saturated heterocycles. The van der Waals surface area contributed by atoms with Gasteiger partial charge in [0, 0.05) is 12.6 Å². The van der Waals surface area contributed by atoms with Crippen LogP contribution in [0.25, 0.3) is 0 Å². The molecule has 1 aromatic rings. The van der Waals surface area contributed by atoms with Gasteiger partial charge in [-0.3, -0.25) is 0 Å². The Labute approximate surface area is 143 Å². The minimum atomic E-state index is 0.568. The molecule has 0 radical (unpaired) electrons. The van der Waals surface area contributed by atoms with Crippen molar-refractivity contribution in [1.82, 2.24) is 10.6 Å². The minimum absolute atomic E-state index is 0.568. The van der Waals surface area contributed by atoms with Crippen LogP contribution in [0.3, 0.4) is 0 Å². The molecule has 1 aliphatic heterocycles. The van der Waals surface area contributed by atoms with E-state index in [1.165, 1.54) is 32.1 Å². The van der Waals surface area contributed by atoms with E-state index in [1.54, 1.807) is 0 Å². The second kappa shape index (κ2) is 8.76. The van der Waals surface area contributed by atoms with Crippen molar-refractivity contribution in [3.8, 4) is 11.5 Å². The van der Waals surface area contributed by atoms with Gasteiger partial charge in [-0.25, -0.2) is 0 Å². The first-order valence-electron chi connectivity index (χ1n) is 8.85. The van der Waals surface area contributed by atoms with Crippen molar-refractivity contribution in [3.63, 3.8) is 0 Å². The molecule has 1 saturated carbocycles. The van der Waals surface area contributed by atoms with Crippen molar-refractivity contribution in [2.45, 2.75) is 51.1 Å². The summed E-state index contributed by atoms with van der Waals surface area (Å²) in [5, 5.41) is 7.79. The van der Waals surface area contributed by atoms with E-state index in [2.05, 4.69) is 10.6 Å². The van der Waals surface area contributed by atoms with Crippen molar-refractivity contribution in [3.05, 3.63) is 22.7 Å². The predicted octanol–water partition coefficient (Wildman–Crippen LogP) is 3.51. The number of fused-ring (bicyclic) bond motifs is 1. The topological polar surface area (TPSA) is 42.5 Å². The summed E-state index contributed by atoms with van der Waals surface area (Å²) >= 11 is 6.25. The van der Waals surface area contributed by atoms with Gasteiger partial charge in [-0.15, -0.1) is 0 Å². The Morgan fingerprint density at radius 2 is 1.87 bits per heavy atom. The van der Waals surface area contributed by atoms with E-state index in [0.717, 1.165) is 43.4 Å². The number of halogens is 1. The van der Waals surface area contributed by atoms with Gasteiger partial charge < -0.3 is 20.1 Å². The maximum absolute atomic E-state index is 6.25. The lowest BCUT2D eigenvalue weighted by Gasteiger charge is -2.22. The molecular weight excluding hydrogens is 312 g/mol. The summed E-state index contributed by atoms with van der Waals surface area (Å²) in [4.78, 5) is 0. The van der Waals surface area contributed by atoms with Crippen molar-refractivity contribution < 1.29 is 9.47 Å². The predicted molar refractivity (Wildman–Crippen MR) is 93.6 cm³/mol. The van der Waals surface area contributed by atoms with Crippen LogP contribution in [-0.4, -0.2) is 32.3 Å². The molecule has 5 heteroatoms. The van der Waals surface area contributed by atoms with Crippen LogP contribution < -0.4 is 20.1 Å². The molecule has 2 aliphatic rings. The molecule has 23 heavy (non-hydrogen) atoms. The summed E-state index contributed by atoms with van der Waals surface area (Å²) in [6.45, 7) is 4.07. The van der Waals surface area contributed by atoms with E-state index in [1.807, 2.05) is 12.1 Å². The Morgan fingerprint density at radius 3 is 2.74 bits per heavy atom. The normalized spacial score (nSPS) is 18.1. The maximum atomic E-state index is 6.25. The Balaban J connectivity index is 1.35. The zero-order chi connectivity index (χ0) is 15.9. The molecule has 4 nitrogen and oxygen atoms in total. The van der Waals surface area contributed by atoms with Crippen molar-refractivity contribution in [2.24, 2.45) is 0 Å². The summed E-state index contributed by atoms with van der Waals surface area (Å²) in [6.07, 6.45) is 8.04. The first-order chi connectivity index (χ1) is 11.3. The summed E-state index contributed by atoms with van der Waals surface area (Å²) in [6, 6.07) is 4.73. The molecule has 2 N–H and O–H groups in total. The van der Waals surface area contributed by atoms with Crippen LogP contribution in [0.15, 0.2) is 12.1 Å². The fourth-order valence-corrected chi connectivity index (χ4v) is 3.61. The molecule has 3 rings (SSSR count). The fraction of sp³-hybridized carbons (Fsp3) is 0.667. The number of ether oxygens (including phenoxy) is 2. The number of nitrogens with one attached hydrogen (secondary N) is 2. The van der Waals surface area contributed by atoms with Crippen LogP contribution >= 0.6 is 11.6 Å². The molecule has 0 amide bonds. The van der Waals surface area contributed by atoms with Gasteiger partial charge in [-0.1, -0.05) is 30.9 Å². The molecule has 1 aromatic carbocycles. The van der Waals surface area contributed by atoms with Crippen LogP contribution in [-0.2, 0) is 6.54 Å². The second-order valence-corrected chi connectivity index (χ2v) is 6.83. The number of rotatable bonds is 7. The molecule has 0 unspecified atom stereocenters. The van der Waals surface area contributed by atoms with E-state index in [9.17, 15) is 0 Å². The highest BCUT2D eigenvalue weighted by Crippen LogP contribution is 2.38. The lowest BCUT2D eigenvalue weighted by Crippen LogP contribution is -2.33. The van der Waals surface area contributed by atoms with Crippen LogP contribution in [0, 0.1) is 0 Å². The van der Waals surface area contributed by atoms with Gasteiger partial charge in [0.05, 0.1) is 5.02 Å². The van der Waals surface area contributed by atoms with Gasteiger partial charge in [-0.05, 0) is 50.0 Å². The Kier molecular flexibility index (Phi) is 6.43. The molecule has 0 atom stereocenters. The quantitative estimate of drug-likeness (QED) is 0.747. The largest absolute Gasteiger partial charge is 0.486 e. The van der Waals surface area contributed by atoms with Crippen molar-refractivity contribution >= 4 is 11.6 Å². The van der Waals surface area contributed by atoms with E-state index in [-0.39, 0.29) is 0 Å². The van der Waals surface area contributed by atoms with E-state index in [0.29, 0.717) is 24.0 Å². The van der Waals surface area contributed by atoms with Crippen LogP contribution in [0.2, 0.25) is 5.02 Å². The monoisotopic (exact) mass is 338 g/mol. The standard InChI is InChI=1S/C18H27ClN2O2/c19-16-11-14(12-17-18(16)23-10-9-22-17)13-20-7-4-8-21-15-5-2-1-3-6-15/h11-12,15,20-21H,1-10,13H2. The fourth-order valence-electron chi connectivity index (χ4n) is 3.33.